The van der Waals surface area contributed by atoms with Crippen molar-refractivity contribution in [2.24, 2.45) is 0 Å². The number of rotatable bonds is 5. The second-order valence-electron chi connectivity index (χ2n) is 7.34. The van der Waals surface area contributed by atoms with Crippen molar-refractivity contribution in [3.05, 3.63) is 53.2 Å². The van der Waals surface area contributed by atoms with E-state index >= 15 is 0 Å². The van der Waals surface area contributed by atoms with Gasteiger partial charge in [-0.05, 0) is 42.7 Å². The van der Waals surface area contributed by atoms with Crippen LogP contribution in [0.25, 0.3) is 0 Å². The molecule has 7 nitrogen and oxygen atoms in total. The van der Waals surface area contributed by atoms with E-state index in [4.69, 9.17) is 4.74 Å². The van der Waals surface area contributed by atoms with Gasteiger partial charge in [0.25, 0.3) is 5.91 Å². The minimum Gasteiger partial charge on any atom is -0.507 e. The van der Waals surface area contributed by atoms with Crippen LogP contribution < -0.4 is 4.90 Å². The summed E-state index contributed by atoms with van der Waals surface area (Å²) in [5.74, 6) is 0.527. The van der Waals surface area contributed by atoms with Crippen LogP contribution in [0.2, 0.25) is 0 Å². The highest BCUT2D eigenvalue weighted by atomic mass is 16.5. The second-order valence-corrected chi connectivity index (χ2v) is 7.34. The number of amides is 1. The Kier molecular flexibility index (Phi) is 6.36. The highest BCUT2D eigenvalue weighted by Gasteiger charge is 2.25. The molecule has 0 aliphatic carbocycles. The molecule has 1 saturated heterocycles. The number of carbonyl (C=O) groups excluding carboxylic acids is 2. The summed E-state index contributed by atoms with van der Waals surface area (Å²) in [6.45, 7) is 8.50. The van der Waals surface area contributed by atoms with Crippen molar-refractivity contribution in [1.29, 1.82) is 0 Å². The fourth-order valence-corrected chi connectivity index (χ4v) is 3.31. The number of nitrogens with zero attached hydrogens (tertiary/aromatic N) is 3. The van der Waals surface area contributed by atoms with Gasteiger partial charge in [0.1, 0.15) is 11.6 Å². The molecule has 1 aromatic carbocycles. The van der Waals surface area contributed by atoms with Crippen LogP contribution in [0.1, 0.15) is 53.0 Å². The predicted octanol–water partition coefficient (Wildman–Crippen LogP) is 3.05. The minimum absolute atomic E-state index is 0.0276. The lowest BCUT2D eigenvalue weighted by Gasteiger charge is -2.35. The van der Waals surface area contributed by atoms with Crippen LogP contribution in [0.5, 0.6) is 5.75 Å². The number of pyridine rings is 1. The van der Waals surface area contributed by atoms with Gasteiger partial charge in [-0.2, -0.15) is 0 Å². The Morgan fingerprint density at radius 2 is 1.86 bits per heavy atom. The number of hydrogen-bond acceptors (Lipinski definition) is 6. The lowest BCUT2D eigenvalue weighted by Crippen LogP contribution is -2.49. The molecule has 1 amide bonds. The van der Waals surface area contributed by atoms with Gasteiger partial charge < -0.3 is 19.6 Å². The number of phenols is 1. The summed E-state index contributed by atoms with van der Waals surface area (Å²) >= 11 is 0. The Balaban J connectivity index is 1.61. The standard InChI is InChI=1S/C22H27N3O4/c1-4-29-22(28)17-6-8-20(23-14-17)24-9-11-25(12-10-24)21(27)18-7-5-16(15(2)3)13-19(18)26/h5-8,13-15,26H,4,9-12H2,1-3H3. The third-order valence-electron chi connectivity index (χ3n) is 5.07. The molecule has 0 radical (unpaired) electrons. The molecule has 0 bridgehead atoms. The number of anilines is 1. The van der Waals surface area contributed by atoms with Crippen molar-refractivity contribution in [2.75, 3.05) is 37.7 Å². The molecule has 1 N–H and O–H groups in total. The zero-order valence-electron chi connectivity index (χ0n) is 17.1. The van der Waals surface area contributed by atoms with Crippen LogP contribution in [-0.2, 0) is 4.74 Å². The third-order valence-corrected chi connectivity index (χ3v) is 5.07. The molecule has 0 saturated carbocycles. The van der Waals surface area contributed by atoms with Gasteiger partial charge in [0.15, 0.2) is 0 Å². The Morgan fingerprint density at radius 1 is 1.14 bits per heavy atom. The molecule has 1 aliphatic heterocycles. The molecule has 29 heavy (non-hydrogen) atoms. The Bertz CT molecular complexity index is 872. The zero-order valence-corrected chi connectivity index (χ0v) is 17.1. The van der Waals surface area contributed by atoms with Crippen LogP contribution in [0.15, 0.2) is 36.5 Å². The molecular weight excluding hydrogens is 370 g/mol. The predicted molar refractivity (Wildman–Crippen MR) is 111 cm³/mol. The Hall–Kier alpha value is -3.09. The van der Waals surface area contributed by atoms with E-state index in [1.807, 2.05) is 19.9 Å². The van der Waals surface area contributed by atoms with Gasteiger partial charge in [0, 0.05) is 32.4 Å². The number of esters is 1. The first-order valence-corrected chi connectivity index (χ1v) is 9.91. The summed E-state index contributed by atoms with van der Waals surface area (Å²) in [5, 5.41) is 10.3. The lowest BCUT2D eigenvalue weighted by molar-refractivity contribution is 0.0525. The average Bonchev–Trinajstić information content (AvgIpc) is 2.73. The maximum atomic E-state index is 12.8. The van der Waals surface area contributed by atoms with E-state index in [1.165, 1.54) is 6.20 Å². The number of aromatic hydroxyl groups is 1. The van der Waals surface area contributed by atoms with Crippen molar-refractivity contribution >= 4 is 17.7 Å². The fourth-order valence-electron chi connectivity index (χ4n) is 3.31. The average molecular weight is 397 g/mol. The quantitative estimate of drug-likeness (QED) is 0.781. The molecule has 1 fully saturated rings. The van der Waals surface area contributed by atoms with E-state index in [0.29, 0.717) is 43.9 Å². The van der Waals surface area contributed by atoms with Crippen molar-refractivity contribution in [1.82, 2.24) is 9.88 Å². The van der Waals surface area contributed by atoms with Crippen molar-refractivity contribution in [2.45, 2.75) is 26.7 Å². The van der Waals surface area contributed by atoms with Crippen molar-refractivity contribution < 1.29 is 19.4 Å². The zero-order chi connectivity index (χ0) is 21.0. The van der Waals surface area contributed by atoms with Gasteiger partial charge in [-0.15, -0.1) is 0 Å². The summed E-state index contributed by atoms with van der Waals surface area (Å²) in [4.78, 5) is 32.7. The van der Waals surface area contributed by atoms with E-state index in [2.05, 4.69) is 9.88 Å². The summed E-state index contributed by atoms with van der Waals surface area (Å²) in [6, 6.07) is 8.76. The van der Waals surface area contributed by atoms with Gasteiger partial charge in [-0.25, -0.2) is 9.78 Å². The molecule has 2 aromatic rings. The molecule has 7 heteroatoms. The van der Waals surface area contributed by atoms with Crippen LogP contribution >= 0.6 is 0 Å². The van der Waals surface area contributed by atoms with Crippen molar-refractivity contribution in [3.8, 4) is 5.75 Å². The van der Waals surface area contributed by atoms with Gasteiger partial charge >= 0.3 is 5.97 Å². The van der Waals surface area contributed by atoms with E-state index in [9.17, 15) is 14.7 Å². The summed E-state index contributed by atoms with van der Waals surface area (Å²) in [5.41, 5.74) is 1.76. The fraction of sp³-hybridized carbons (Fsp3) is 0.409. The monoisotopic (exact) mass is 397 g/mol. The van der Waals surface area contributed by atoms with Gasteiger partial charge in [0.2, 0.25) is 0 Å². The van der Waals surface area contributed by atoms with E-state index in [-0.39, 0.29) is 23.5 Å². The molecule has 154 valence electrons. The maximum absolute atomic E-state index is 12.8. The maximum Gasteiger partial charge on any atom is 0.339 e. The number of hydrogen-bond donors (Lipinski definition) is 1. The first-order chi connectivity index (χ1) is 13.9. The molecule has 0 atom stereocenters. The molecule has 3 rings (SSSR count). The van der Waals surface area contributed by atoms with Crippen molar-refractivity contribution in [3.63, 3.8) is 0 Å². The molecule has 1 aromatic heterocycles. The Morgan fingerprint density at radius 3 is 2.41 bits per heavy atom. The summed E-state index contributed by atoms with van der Waals surface area (Å²) in [7, 11) is 0. The minimum atomic E-state index is -0.384. The van der Waals surface area contributed by atoms with Crippen LogP contribution in [-0.4, -0.2) is 59.7 Å². The number of aromatic nitrogens is 1. The molecule has 1 aliphatic rings. The lowest BCUT2D eigenvalue weighted by atomic mass is 10.0. The molecular formula is C22H27N3O4. The topological polar surface area (TPSA) is 83.0 Å². The third kappa shape index (κ3) is 4.67. The van der Waals surface area contributed by atoms with Gasteiger partial charge in [-0.3, -0.25) is 4.79 Å². The molecule has 0 spiro atoms. The number of carbonyl (C=O) groups is 2. The molecule has 2 heterocycles. The van der Waals surface area contributed by atoms with Crippen LogP contribution in [0.4, 0.5) is 5.82 Å². The van der Waals surface area contributed by atoms with E-state index in [1.54, 1.807) is 36.1 Å². The number of piperazine rings is 1. The normalized spacial score (nSPS) is 14.2. The first-order valence-electron chi connectivity index (χ1n) is 9.91. The SMILES string of the molecule is CCOC(=O)c1ccc(N2CCN(C(=O)c3ccc(C(C)C)cc3O)CC2)nc1. The smallest absolute Gasteiger partial charge is 0.339 e. The number of phenolic OH excluding ortho intramolecular Hbond substituents is 1. The van der Waals surface area contributed by atoms with Gasteiger partial charge in [0.05, 0.1) is 17.7 Å². The highest BCUT2D eigenvalue weighted by Crippen LogP contribution is 2.25. The van der Waals surface area contributed by atoms with Gasteiger partial charge in [-0.1, -0.05) is 19.9 Å². The molecule has 0 unspecified atom stereocenters. The largest absolute Gasteiger partial charge is 0.507 e. The number of benzene rings is 1. The first kappa shape index (κ1) is 20.6. The van der Waals surface area contributed by atoms with E-state index < -0.39 is 0 Å². The summed E-state index contributed by atoms with van der Waals surface area (Å²) in [6.07, 6.45) is 1.51. The Labute approximate surface area is 170 Å². The van der Waals surface area contributed by atoms with E-state index in [0.717, 1.165) is 11.4 Å². The van der Waals surface area contributed by atoms with Crippen LogP contribution in [0.3, 0.4) is 0 Å². The number of ether oxygens (including phenoxy) is 1. The second kappa shape index (κ2) is 8.94. The van der Waals surface area contributed by atoms with Crippen LogP contribution in [0, 0.1) is 0 Å². The summed E-state index contributed by atoms with van der Waals surface area (Å²) < 4.78 is 4.97. The highest BCUT2D eigenvalue weighted by molar-refractivity contribution is 5.97.